The number of hydrogen-bond acceptors (Lipinski definition) is 3. The fourth-order valence-electron chi connectivity index (χ4n) is 0.221. The van der Waals surface area contributed by atoms with Gasteiger partial charge in [0, 0.05) is 0 Å². The number of nitrogens with zero attached hydrogens (tertiary/aromatic N) is 1. The molecule has 0 bridgehead atoms. The van der Waals surface area contributed by atoms with Crippen LogP contribution in [0.4, 0.5) is 13.2 Å². The third-order valence-electron chi connectivity index (χ3n) is 0.571. The second-order valence-electron chi connectivity index (χ2n) is 1.25. The summed E-state index contributed by atoms with van der Waals surface area (Å²) in [5.74, 6) is -2.31. The molecule has 4 nitrogen and oxygen atoms in total. The lowest BCUT2D eigenvalue weighted by Gasteiger charge is -2.01. The predicted molar refractivity (Wildman–Crippen MR) is 22.9 cm³/mol. The number of rotatable bonds is 1. The highest BCUT2D eigenvalue weighted by Gasteiger charge is 2.41. The van der Waals surface area contributed by atoms with Gasteiger partial charge in [0.1, 0.15) is 0 Å². The molecule has 7 heteroatoms. The molecule has 0 atom stereocenters. The van der Waals surface area contributed by atoms with E-state index in [0.717, 1.165) is 0 Å². The van der Waals surface area contributed by atoms with Gasteiger partial charge in [0.2, 0.25) is 0 Å². The summed E-state index contributed by atoms with van der Waals surface area (Å²) in [6.07, 6.45) is -5.11. The van der Waals surface area contributed by atoms with Gasteiger partial charge in [-0.2, -0.15) is 13.2 Å². The predicted octanol–water partition coefficient (Wildman–Crippen LogP) is 0.463. The Labute approximate surface area is 52.6 Å². The number of carbonyl (C=O) groups is 1. The van der Waals surface area contributed by atoms with E-state index in [9.17, 15) is 18.0 Å². The Morgan fingerprint density at radius 1 is 1.40 bits per heavy atom. The molecule has 0 aromatic heterocycles. The van der Waals surface area contributed by atoms with Crippen LogP contribution in [-0.2, 0) is 4.79 Å². The molecule has 0 amide bonds. The highest BCUT2D eigenvalue weighted by molar-refractivity contribution is 6.37. The molecule has 0 aliphatic heterocycles. The Bertz CT molecular complexity index is 172. The van der Waals surface area contributed by atoms with E-state index >= 15 is 0 Å². The summed E-state index contributed by atoms with van der Waals surface area (Å²) in [7, 11) is 0. The van der Waals surface area contributed by atoms with E-state index in [0.29, 0.717) is 0 Å². The average Bonchev–Trinajstić information content (AvgIpc) is 1.60. The molecule has 0 aromatic carbocycles. The van der Waals surface area contributed by atoms with Crippen molar-refractivity contribution in [2.24, 2.45) is 5.16 Å². The van der Waals surface area contributed by atoms with Gasteiger partial charge in [0.15, 0.2) is 0 Å². The Morgan fingerprint density at radius 3 is 1.80 bits per heavy atom. The van der Waals surface area contributed by atoms with Crippen molar-refractivity contribution >= 4 is 11.7 Å². The molecule has 58 valence electrons. The number of carboxylic acid groups (broad SMARTS) is 1. The molecule has 0 rings (SSSR count). The second-order valence-corrected chi connectivity index (χ2v) is 1.25. The van der Waals surface area contributed by atoms with Crippen LogP contribution in [-0.4, -0.2) is 28.2 Å². The van der Waals surface area contributed by atoms with E-state index in [4.69, 9.17) is 10.3 Å². The minimum Gasteiger partial charge on any atom is -0.476 e. The normalized spacial score (nSPS) is 13.3. The van der Waals surface area contributed by atoms with Crippen molar-refractivity contribution in [3.05, 3.63) is 0 Å². The molecular formula is C3H2F3NO3. The van der Waals surface area contributed by atoms with Crippen LogP contribution in [0.1, 0.15) is 0 Å². The lowest BCUT2D eigenvalue weighted by atomic mass is 10.4. The second kappa shape index (κ2) is 2.54. The van der Waals surface area contributed by atoms with E-state index in [1.807, 2.05) is 0 Å². The van der Waals surface area contributed by atoms with Crippen LogP contribution >= 0.6 is 0 Å². The number of oxime groups is 1. The Kier molecular flexibility index (Phi) is 2.22. The minimum absolute atomic E-state index is 1.55. The molecule has 10 heavy (non-hydrogen) atoms. The van der Waals surface area contributed by atoms with Gasteiger partial charge in [-0.1, -0.05) is 5.16 Å². The van der Waals surface area contributed by atoms with Crippen molar-refractivity contribution in [3.8, 4) is 0 Å². The zero-order valence-corrected chi connectivity index (χ0v) is 4.38. The topological polar surface area (TPSA) is 69.9 Å². The van der Waals surface area contributed by atoms with Crippen LogP contribution in [0.2, 0.25) is 0 Å². The summed E-state index contributed by atoms with van der Waals surface area (Å²) in [4.78, 5) is 9.57. The van der Waals surface area contributed by atoms with Crippen molar-refractivity contribution in [2.75, 3.05) is 0 Å². The van der Waals surface area contributed by atoms with Gasteiger partial charge in [0.05, 0.1) is 0 Å². The number of aliphatic carboxylic acids is 1. The van der Waals surface area contributed by atoms with E-state index in [1.54, 1.807) is 5.16 Å². The number of carboxylic acids is 1. The molecule has 0 aliphatic carbocycles. The average molecular weight is 157 g/mol. The zero-order valence-electron chi connectivity index (χ0n) is 4.38. The standard InChI is InChI=1S/C3H2F3NO3/c4-3(5,6)1(7-10)2(8)9/h10H,(H,8,9). The molecule has 0 saturated carbocycles. The minimum atomic E-state index is -5.11. The number of alkyl halides is 3. The van der Waals surface area contributed by atoms with Gasteiger partial charge in [-0.05, 0) is 0 Å². The third kappa shape index (κ3) is 1.92. The van der Waals surface area contributed by atoms with Gasteiger partial charge in [-0.25, -0.2) is 4.79 Å². The Hall–Kier alpha value is -1.27. The molecule has 0 unspecified atom stereocenters. The van der Waals surface area contributed by atoms with Gasteiger partial charge >= 0.3 is 12.1 Å². The molecule has 0 spiro atoms. The van der Waals surface area contributed by atoms with Gasteiger partial charge in [0.25, 0.3) is 5.71 Å². The van der Waals surface area contributed by atoms with Crippen molar-refractivity contribution < 1.29 is 28.3 Å². The van der Waals surface area contributed by atoms with Crippen LogP contribution < -0.4 is 0 Å². The highest BCUT2D eigenvalue weighted by Crippen LogP contribution is 2.16. The molecule has 0 heterocycles. The van der Waals surface area contributed by atoms with Crippen LogP contribution in [0, 0.1) is 0 Å². The maximum Gasteiger partial charge on any atom is 0.443 e. The maximum atomic E-state index is 11.3. The van der Waals surface area contributed by atoms with Crippen LogP contribution in [0.25, 0.3) is 0 Å². The molecule has 0 radical (unpaired) electrons. The van der Waals surface area contributed by atoms with Gasteiger partial charge in [-0.3, -0.25) is 0 Å². The molecule has 0 aromatic rings. The Morgan fingerprint density at radius 2 is 1.80 bits per heavy atom. The molecule has 2 N–H and O–H groups in total. The van der Waals surface area contributed by atoms with E-state index in [-0.39, 0.29) is 0 Å². The summed E-state index contributed by atoms with van der Waals surface area (Å²) in [6.45, 7) is 0. The fraction of sp³-hybridized carbons (Fsp3) is 0.333. The SMILES string of the molecule is O=C(O)C(=NO)C(F)(F)F. The maximum absolute atomic E-state index is 11.3. The molecule has 0 fully saturated rings. The highest BCUT2D eigenvalue weighted by atomic mass is 19.4. The summed E-state index contributed by atoms with van der Waals surface area (Å²) in [5.41, 5.74) is -2.23. The van der Waals surface area contributed by atoms with Crippen LogP contribution in [0.3, 0.4) is 0 Å². The van der Waals surface area contributed by atoms with Crippen LogP contribution in [0.15, 0.2) is 5.16 Å². The smallest absolute Gasteiger partial charge is 0.443 e. The van der Waals surface area contributed by atoms with E-state index < -0.39 is 17.9 Å². The summed E-state index contributed by atoms with van der Waals surface area (Å²) in [6, 6.07) is 0. The Balaban J connectivity index is 4.56. The molecular weight excluding hydrogens is 155 g/mol. The van der Waals surface area contributed by atoms with Crippen molar-refractivity contribution in [2.45, 2.75) is 6.18 Å². The quantitative estimate of drug-likeness (QED) is 0.330. The largest absolute Gasteiger partial charge is 0.476 e. The summed E-state index contributed by atoms with van der Waals surface area (Å²) < 4.78 is 33.9. The number of hydrogen-bond donors (Lipinski definition) is 2. The zero-order chi connectivity index (χ0) is 8.36. The molecule has 0 saturated heterocycles. The first-order chi connectivity index (χ1) is 4.39. The van der Waals surface area contributed by atoms with Crippen molar-refractivity contribution in [1.29, 1.82) is 0 Å². The van der Waals surface area contributed by atoms with E-state index in [2.05, 4.69) is 0 Å². The lowest BCUT2D eigenvalue weighted by molar-refractivity contribution is -0.134. The van der Waals surface area contributed by atoms with Crippen molar-refractivity contribution in [1.82, 2.24) is 0 Å². The third-order valence-corrected chi connectivity index (χ3v) is 0.571. The first-order valence-corrected chi connectivity index (χ1v) is 1.92. The molecule has 0 aliphatic rings. The summed E-state index contributed by atoms with van der Waals surface area (Å²) >= 11 is 0. The summed E-state index contributed by atoms with van der Waals surface area (Å²) in [5, 5.41) is 16.8. The van der Waals surface area contributed by atoms with Gasteiger partial charge in [-0.15, -0.1) is 0 Å². The fourth-order valence-corrected chi connectivity index (χ4v) is 0.221. The van der Waals surface area contributed by atoms with Crippen LogP contribution in [0.5, 0.6) is 0 Å². The first-order valence-electron chi connectivity index (χ1n) is 1.92. The lowest BCUT2D eigenvalue weighted by Crippen LogP contribution is -2.30. The van der Waals surface area contributed by atoms with Crippen molar-refractivity contribution in [3.63, 3.8) is 0 Å². The first kappa shape index (κ1) is 8.73. The van der Waals surface area contributed by atoms with Gasteiger partial charge < -0.3 is 10.3 Å². The number of halogens is 3. The van der Waals surface area contributed by atoms with E-state index in [1.165, 1.54) is 0 Å². The monoisotopic (exact) mass is 157 g/mol.